The molecule has 2 radical (unpaired) electrons. The predicted molar refractivity (Wildman–Crippen MR) is 86.2 cm³/mol. The third kappa shape index (κ3) is 4.06. The van der Waals surface area contributed by atoms with Crippen molar-refractivity contribution < 1.29 is 13.2 Å². The largest absolute Gasteiger partial charge is 0.355 e. The van der Waals surface area contributed by atoms with Gasteiger partial charge in [0.1, 0.15) is 11.6 Å². The van der Waals surface area contributed by atoms with Gasteiger partial charge in [0.05, 0.1) is 24.1 Å². The molecule has 6 nitrogen and oxygen atoms in total. The van der Waals surface area contributed by atoms with E-state index < -0.39 is 17.5 Å². The molecular weight excluding hydrogens is 333 g/mol. The number of rotatable bonds is 5. The van der Waals surface area contributed by atoms with E-state index >= 15 is 0 Å². The molecule has 3 aromatic rings. The second kappa shape index (κ2) is 6.80. The van der Waals surface area contributed by atoms with Gasteiger partial charge < -0.3 is 10.6 Å². The highest BCUT2D eigenvalue weighted by molar-refractivity contribution is 5.55. The minimum atomic E-state index is -0.764. The van der Waals surface area contributed by atoms with Gasteiger partial charge in [-0.3, -0.25) is 4.68 Å². The van der Waals surface area contributed by atoms with Crippen LogP contribution in [0, 0.1) is 30.4 Å². The van der Waals surface area contributed by atoms with Gasteiger partial charge in [-0.15, -0.1) is 0 Å². The molecule has 0 amide bonds. The smallest absolute Gasteiger partial charge is 0.229 e. The van der Waals surface area contributed by atoms with E-state index in [-0.39, 0.29) is 23.4 Å². The molecule has 2 N–H and O–H groups in total. The van der Waals surface area contributed by atoms with E-state index in [4.69, 9.17) is 0 Å². The van der Waals surface area contributed by atoms with E-state index in [2.05, 4.69) is 32.6 Å². The van der Waals surface area contributed by atoms with Crippen molar-refractivity contribution in [2.45, 2.75) is 0 Å². The van der Waals surface area contributed by atoms with Gasteiger partial charge in [-0.25, -0.2) is 18.2 Å². The average molecular weight is 346 g/mol. The molecule has 9 heteroatoms. The fourth-order valence-electron chi connectivity index (χ4n) is 2.07. The van der Waals surface area contributed by atoms with Crippen LogP contribution in [-0.2, 0) is 7.05 Å². The first-order valence-corrected chi connectivity index (χ1v) is 7.11. The summed E-state index contributed by atoms with van der Waals surface area (Å²) in [5.74, 6) is -2.33. The lowest BCUT2D eigenvalue weighted by Gasteiger charge is -2.15. The van der Waals surface area contributed by atoms with Gasteiger partial charge in [-0.1, -0.05) is 0 Å². The number of nitrogens with one attached hydrogen (secondary N) is 2. The highest BCUT2D eigenvalue weighted by atomic mass is 19.1. The van der Waals surface area contributed by atoms with Crippen molar-refractivity contribution >= 4 is 17.5 Å². The van der Waals surface area contributed by atoms with Crippen molar-refractivity contribution in [1.82, 2.24) is 19.7 Å². The van der Waals surface area contributed by atoms with Crippen LogP contribution in [-0.4, -0.2) is 19.7 Å². The molecule has 0 bridgehead atoms. The Balaban J connectivity index is 1.80. The van der Waals surface area contributed by atoms with E-state index in [1.165, 1.54) is 0 Å². The maximum Gasteiger partial charge on any atom is 0.229 e. The Hall–Kier alpha value is -3.10. The highest BCUT2D eigenvalue weighted by Crippen LogP contribution is 2.22. The van der Waals surface area contributed by atoms with Gasteiger partial charge in [0, 0.05) is 19.3 Å². The molecule has 128 valence electrons. The Kier molecular flexibility index (Phi) is 4.55. The van der Waals surface area contributed by atoms with Crippen LogP contribution in [0.25, 0.3) is 0 Å². The minimum absolute atomic E-state index is 0.0864. The van der Waals surface area contributed by atoms with Gasteiger partial charge in [0.25, 0.3) is 0 Å². The van der Waals surface area contributed by atoms with Crippen LogP contribution in [0.5, 0.6) is 0 Å². The molecule has 0 saturated carbocycles. The lowest BCUT2D eigenvalue weighted by Crippen LogP contribution is -2.12. The molecule has 0 unspecified atom stereocenters. The molecule has 0 aliphatic heterocycles. The van der Waals surface area contributed by atoms with Gasteiger partial charge >= 0.3 is 0 Å². The van der Waals surface area contributed by atoms with Gasteiger partial charge in [-0.05, 0) is 24.6 Å². The SMILES string of the molecule is [CH2][C](Nc1nc(Nc2cnn(C)c2)ncc1F)c1cc(F)cc(F)c1. The summed E-state index contributed by atoms with van der Waals surface area (Å²) in [6.45, 7) is 3.66. The number of nitrogens with zero attached hydrogens (tertiary/aromatic N) is 4. The summed E-state index contributed by atoms with van der Waals surface area (Å²) in [5, 5.41) is 9.44. The molecule has 0 spiro atoms. The maximum atomic E-state index is 13.9. The van der Waals surface area contributed by atoms with E-state index in [1.807, 2.05) is 0 Å². The molecular formula is C16H13F3N6. The summed E-state index contributed by atoms with van der Waals surface area (Å²) in [7, 11) is 1.74. The van der Waals surface area contributed by atoms with Crippen molar-refractivity contribution in [2.75, 3.05) is 10.6 Å². The number of hydrogen-bond donors (Lipinski definition) is 2. The summed E-state index contributed by atoms with van der Waals surface area (Å²) in [6.07, 6.45) is 4.20. The number of aromatic nitrogens is 4. The first-order valence-electron chi connectivity index (χ1n) is 7.11. The minimum Gasteiger partial charge on any atom is -0.355 e. The second-order valence-corrected chi connectivity index (χ2v) is 5.18. The molecule has 0 saturated heterocycles. The summed E-state index contributed by atoms with van der Waals surface area (Å²) >= 11 is 0. The van der Waals surface area contributed by atoms with Crippen LogP contribution in [0.2, 0.25) is 0 Å². The van der Waals surface area contributed by atoms with Gasteiger partial charge in [0.15, 0.2) is 11.6 Å². The van der Waals surface area contributed by atoms with E-state index in [9.17, 15) is 13.2 Å². The quantitative estimate of drug-likeness (QED) is 0.743. The van der Waals surface area contributed by atoms with Crippen LogP contribution in [0.4, 0.5) is 30.6 Å². The zero-order valence-corrected chi connectivity index (χ0v) is 13.1. The topological polar surface area (TPSA) is 67.7 Å². The van der Waals surface area contributed by atoms with Crippen molar-refractivity contribution in [3.05, 3.63) is 72.8 Å². The van der Waals surface area contributed by atoms with Crippen LogP contribution in [0.1, 0.15) is 5.56 Å². The molecule has 0 fully saturated rings. The Morgan fingerprint density at radius 2 is 1.84 bits per heavy atom. The zero-order chi connectivity index (χ0) is 18.0. The summed E-state index contributed by atoms with van der Waals surface area (Å²) in [4.78, 5) is 7.82. The lowest BCUT2D eigenvalue weighted by atomic mass is 10.1. The van der Waals surface area contributed by atoms with Gasteiger partial charge in [0.2, 0.25) is 5.95 Å². The van der Waals surface area contributed by atoms with Crippen molar-refractivity contribution in [3.63, 3.8) is 0 Å². The van der Waals surface area contributed by atoms with Crippen molar-refractivity contribution in [2.24, 2.45) is 7.05 Å². The Morgan fingerprint density at radius 3 is 2.48 bits per heavy atom. The lowest BCUT2D eigenvalue weighted by molar-refractivity contribution is 0.581. The molecule has 1 aromatic carbocycles. The first kappa shape index (κ1) is 16.7. The second-order valence-electron chi connectivity index (χ2n) is 5.18. The molecule has 0 atom stereocenters. The molecule has 0 aliphatic carbocycles. The number of halogens is 3. The van der Waals surface area contributed by atoms with Crippen LogP contribution in [0.3, 0.4) is 0 Å². The van der Waals surface area contributed by atoms with Crippen LogP contribution < -0.4 is 10.6 Å². The van der Waals surface area contributed by atoms with Crippen molar-refractivity contribution in [3.8, 4) is 0 Å². The number of hydrogen-bond acceptors (Lipinski definition) is 5. The molecule has 0 aliphatic rings. The summed E-state index contributed by atoms with van der Waals surface area (Å²) < 4.78 is 42.1. The number of benzene rings is 1. The normalized spacial score (nSPS) is 11.0. The molecule has 3 rings (SSSR count). The standard InChI is InChI=1S/C16H13F3N6/c1-9(10-3-11(17)5-12(18)4-10)22-15-14(19)7-20-16(24-15)23-13-6-21-25(2)8-13/h3-8H,1H2,2H3,(H2,20,22,23,24). The fourth-order valence-corrected chi connectivity index (χ4v) is 2.07. The molecule has 2 heterocycles. The molecule has 2 aromatic heterocycles. The maximum absolute atomic E-state index is 13.9. The number of aryl methyl sites for hydroxylation is 1. The predicted octanol–water partition coefficient (Wildman–Crippen LogP) is 3.20. The first-order chi connectivity index (χ1) is 11.9. The van der Waals surface area contributed by atoms with Gasteiger partial charge in [-0.2, -0.15) is 10.1 Å². The number of anilines is 3. The Bertz CT molecular complexity index is 875. The zero-order valence-electron chi connectivity index (χ0n) is 13.1. The average Bonchev–Trinajstić information content (AvgIpc) is 2.94. The summed E-state index contributed by atoms with van der Waals surface area (Å²) in [6, 6.07) is 2.97. The third-order valence-corrected chi connectivity index (χ3v) is 3.19. The Morgan fingerprint density at radius 1 is 1.12 bits per heavy atom. The Labute approximate surface area is 141 Å². The van der Waals surface area contributed by atoms with E-state index in [1.54, 1.807) is 24.1 Å². The van der Waals surface area contributed by atoms with Crippen LogP contribution in [0.15, 0.2) is 36.8 Å². The van der Waals surface area contributed by atoms with E-state index in [0.29, 0.717) is 5.69 Å². The molecule has 25 heavy (non-hydrogen) atoms. The van der Waals surface area contributed by atoms with E-state index in [0.717, 1.165) is 24.4 Å². The highest BCUT2D eigenvalue weighted by Gasteiger charge is 2.14. The summed E-state index contributed by atoms with van der Waals surface area (Å²) in [5.41, 5.74) is 0.753. The monoisotopic (exact) mass is 346 g/mol. The third-order valence-electron chi connectivity index (χ3n) is 3.19. The van der Waals surface area contributed by atoms with Crippen molar-refractivity contribution in [1.29, 1.82) is 0 Å². The van der Waals surface area contributed by atoms with Crippen LogP contribution >= 0.6 is 0 Å². The fraction of sp³-hybridized carbons (Fsp3) is 0.0625.